The molecule has 0 saturated carbocycles. The number of nitro benzene ring substituents is 1. The van der Waals surface area contributed by atoms with Crippen molar-refractivity contribution in [3.63, 3.8) is 0 Å². The highest BCUT2D eigenvalue weighted by atomic mass is 35.5. The van der Waals surface area contributed by atoms with Crippen LogP contribution in [0.1, 0.15) is 29.6 Å². The third-order valence-corrected chi connectivity index (χ3v) is 2.76. The summed E-state index contributed by atoms with van der Waals surface area (Å²) in [6.45, 7) is 0.406. The number of hydrogen-bond donors (Lipinski definition) is 1. The first-order valence-electron chi connectivity index (χ1n) is 5.72. The molecule has 0 aliphatic carbocycles. The van der Waals surface area contributed by atoms with Crippen LogP contribution in [-0.4, -0.2) is 17.4 Å². The van der Waals surface area contributed by atoms with Gasteiger partial charge in [-0.2, -0.15) is 0 Å². The van der Waals surface area contributed by atoms with Crippen LogP contribution in [0.25, 0.3) is 0 Å². The molecule has 6 heteroatoms. The van der Waals surface area contributed by atoms with E-state index in [4.69, 9.17) is 18.0 Å². The van der Waals surface area contributed by atoms with E-state index in [0.29, 0.717) is 19.4 Å². The van der Waals surface area contributed by atoms with Gasteiger partial charge in [0, 0.05) is 19.0 Å². The van der Waals surface area contributed by atoms with Crippen LogP contribution in [-0.2, 0) is 0 Å². The van der Waals surface area contributed by atoms with E-state index < -0.39 is 10.8 Å². The molecule has 1 aromatic carbocycles. The molecule has 1 amide bonds. The number of unbranched alkanes of at least 4 members (excludes halogenated alkanes) is 2. The standard InChI is InChI=1S/C13H13ClN2O3/c1-2-3-4-5-9-15-13(17)12-10(14)7-6-8-11(12)16(18)19/h1,6-8H,3-5,9H2,(H,15,17). The van der Waals surface area contributed by atoms with Crippen molar-refractivity contribution in [2.45, 2.75) is 19.3 Å². The molecule has 0 aliphatic rings. The van der Waals surface area contributed by atoms with Crippen LogP contribution in [0.3, 0.4) is 0 Å². The fourth-order valence-electron chi connectivity index (χ4n) is 1.53. The average molecular weight is 281 g/mol. The largest absolute Gasteiger partial charge is 0.352 e. The molecule has 0 saturated heterocycles. The van der Waals surface area contributed by atoms with Crippen molar-refractivity contribution in [1.82, 2.24) is 5.32 Å². The van der Waals surface area contributed by atoms with Crippen molar-refractivity contribution in [3.8, 4) is 12.3 Å². The molecule has 0 fully saturated rings. The summed E-state index contributed by atoms with van der Waals surface area (Å²) in [4.78, 5) is 22.1. The van der Waals surface area contributed by atoms with Crippen molar-refractivity contribution in [3.05, 3.63) is 38.9 Å². The van der Waals surface area contributed by atoms with Gasteiger partial charge in [-0.1, -0.05) is 17.7 Å². The van der Waals surface area contributed by atoms with Gasteiger partial charge in [0.05, 0.1) is 9.95 Å². The van der Waals surface area contributed by atoms with Gasteiger partial charge in [0.2, 0.25) is 0 Å². The van der Waals surface area contributed by atoms with Crippen molar-refractivity contribution < 1.29 is 9.72 Å². The quantitative estimate of drug-likeness (QED) is 0.377. The molecule has 1 aromatic rings. The van der Waals surface area contributed by atoms with Gasteiger partial charge in [-0.25, -0.2) is 0 Å². The van der Waals surface area contributed by atoms with Gasteiger partial charge in [-0.3, -0.25) is 14.9 Å². The molecule has 0 heterocycles. The molecule has 0 radical (unpaired) electrons. The maximum absolute atomic E-state index is 11.9. The van der Waals surface area contributed by atoms with Gasteiger partial charge in [-0.05, 0) is 18.9 Å². The molecule has 1 N–H and O–H groups in total. The van der Waals surface area contributed by atoms with Crippen LogP contribution in [0.4, 0.5) is 5.69 Å². The van der Waals surface area contributed by atoms with E-state index in [2.05, 4.69) is 11.2 Å². The normalized spacial score (nSPS) is 9.68. The maximum atomic E-state index is 11.9. The van der Waals surface area contributed by atoms with Gasteiger partial charge in [0.15, 0.2) is 0 Å². The summed E-state index contributed by atoms with van der Waals surface area (Å²) >= 11 is 5.84. The lowest BCUT2D eigenvalue weighted by molar-refractivity contribution is -0.385. The molecule has 100 valence electrons. The first-order valence-corrected chi connectivity index (χ1v) is 6.10. The molecule has 0 aromatic heterocycles. The fraction of sp³-hybridized carbons (Fsp3) is 0.308. The van der Waals surface area contributed by atoms with E-state index in [1.54, 1.807) is 0 Å². The smallest absolute Gasteiger partial charge is 0.283 e. The zero-order valence-corrected chi connectivity index (χ0v) is 10.9. The number of benzene rings is 1. The Morgan fingerprint density at radius 1 is 1.47 bits per heavy atom. The van der Waals surface area contributed by atoms with Crippen LogP contribution >= 0.6 is 11.6 Å². The van der Waals surface area contributed by atoms with Gasteiger partial charge in [0.25, 0.3) is 11.6 Å². The maximum Gasteiger partial charge on any atom is 0.283 e. The van der Waals surface area contributed by atoms with E-state index in [0.717, 1.165) is 6.42 Å². The fourth-order valence-corrected chi connectivity index (χ4v) is 1.79. The SMILES string of the molecule is C#CCCCCNC(=O)c1c(Cl)cccc1[N+](=O)[O-]. The lowest BCUT2D eigenvalue weighted by atomic mass is 10.1. The summed E-state index contributed by atoms with van der Waals surface area (Å²) < 4.78 is 0. The van der Waals surface area contributed by atoms with Crippen molar-refractivity contribution >= 4 is 23.2 Å². The zero-order chi connectivity index (χ0) is 14.3. The van der Waals surface area contributed by atoms with E-state index in [1.807, 2.05) is 0 Å². The van der Waals surface area contributed by atoms with Crippen LogP contribution in [0, 0.1) is 22.5 Å². The Hall–Kier alpha value is -2.06. The summed E-state index contributed by atoms with van der Waals surface area (Å²) in [5.74, 6) is 1.95. The third-order valence-electron chi connectivity index (χ3n) is 2.45. The van der Waals surface area contributed by atoms with Crippen molar-refractivity contribution in [2.75, 3.05) is 6.54 Å². The van der Waals surface area contributed by atoms with E-state index >= 15 is 0 Å². The number of terminal acetylenes is 1. The number of nitrogens with zero attached hydrogens (tertiary/aromatic N) is 1. The predicted octanol–water partition coefficient (Wildman–Crippen LogP) is 2.78. The average Bonchev–Trinajstić information content (AvgIpc) is 2.37. The number of hydrogen-bond acceptors (Lipinski definition) is 3. The first-order chi connectivity index (χ1) is 9.07. The van der Waals surface area contributed by atoms with Gasteiger partial charge >= 0.3 is 0 Å². The highest BCUT2D eigenvalue weighted by Gasteiger charge is 2.22. The Bertz CT molecular complexity index is 523. The minimum absolute atomic E-state index is 0.0651. The number of halogens is 1. The molecule has 1 rings (SSSR count). The second-order valence-corrected chi connectivity index (χ2v) is 4.22. The summed E-state index contributed by atoms with van der Waals surface area (Å²) in [6, 6.07) is 4.13. The topological polar surface area (TPSA) is 72.2 Å². The molecular weight excluding hydrogens is 268 g/mol. The predicted molar refractivity (Wildman–Crippen MR) is 73.1 cm³/mol. The van der Waals surface area contributed by atoms with Gasteiger partial charge in [-0.15, -0.1) is 12.3 Å². The van der Waals surface area contributed by atoms with Crippen LogP contribution in [0.5, 0.6) is 0 Å². The first kappa shape index (κ1) is 15.0. The summed E-state index contributed by atoms with van der Waals surface area (Å²) in [5.41, 5.74) is -0.403. The molecule has 5 nitrogen and oxygen atoms in total. The zero-order valence-electron chi connectivity index (χ0n) is 10.2. The number of nitrogens with one attached hydrogen (secondary N) is 1. The Kier molecular flexibility index (Phi) is 5.83. The Labute approximate surface area is 116 Å². The lowest BCUT2D eigenvalue weighted by Crippen LogP contribution is -2.25. The highest BCUT2D eigenvalue weighted by molar-refractivity contribution is 6.34. The van der Waals surface area contributed by atoms with Crippen LogP contribution < -0.4 is 5.32 Å². The summed E-state index contributed by atoms with van der Waals surface area (Å²) in [7, 11) is 0. The number of carbonyl (C=O) groups is 1. The van der Waals surface area contributed by atoms with E-state index in [9.17, 15) is 14.9 Å². The highest BCUT2D eigenvalue weighted by Crippen LogP contribution is 2.25. The second-order valence-electron chi connectivity index (χ2n) is 3.81. The molecular formula is C13H13ClN2O3. The minimum atomic E-state index is -0.626. The second kappa shape index (κ2) is 7.39. The third kappa shape index (κ3) is 4.27. The summed E-state index contributed by atoms with van der Waals surface area (Å²) in [6.07, 6.45) is 7.26. The molecule has 0 spiro atoms. The monoisotopic (exact) mass is 280 g/mol. The molecule has 19 heavy (non-hydrogen) atoms. The van der Waals surface area contributed by atoms with Gasteiger partial charge < -0.3 is 5.32 Å². The molecule has 0 atom stereocenters. The van der Waals surface area contributed by atoms with Gasteiger partial charge in [0.1, 0.15) is 5.56 Å². The Morgan fingerprint density at radius 3 is 2.84 bits per heavy atom. The molecule has 0 bridgehead atoms. The van der Waals surface area contributed by atoms with Crippen LogP contribution in [0.15, 0.2) is 18.2 Å². The minimum Gasteiger partial charge on any atom is -0.352 e. The Balaban J connectivity index is 2.72. The number of nitro groups is 1. The number of rotatable bonds is 6. The number of carbonyl (C=O) groups excluding carboxylic acids is 1. The summed E-state index contributed by atoms with van der Waals surface area (Å²) in [5, 5.41) is 13.5. The Morgan fingerprint density at radius 2 is 2.21 bits per heavy atom. The number of amides is 1. The lowest BCUT2D eigenvalue weighted by Gasteiger charge is -2.06. The van der Waals surface area contributed by atoms with E-state index in [1.165, 1.54) is 18.2 Å². The van der Waals surface area contributed by atoms with Crippen LogP contribution in [0.2, 0.25) is 5.02 Å². The van der Waals surface area contributed by atoms with Crippen molar-refractivity contribution in [1.29, 1.82) is 0 Å². The van der Waals surface area contributed by atoms with E-state index in [-0.39, 0.29) is 16.3 Å². The van der Waals surface area contributed by atoms with Crippen molar-refractivity contribution in [2.24, 2.45) is 0 Å². The molecule has 0 unspecified atom stereocenters. The molecule has 0 aliphatic heterocycles.